The van der Waals surface area contributed by atoms with Gasteiger partial charge in [0, 0.05) is 0 Å². The van der Waals surface area contributed by atoms with E-state index >= 15 is 0 Å². The average molecular weight is 299 g/mol. The number of amides is 1. The highest BCUT2D eigenvalue weighted by Gasteiger charge is 2.14. The van der Waals surface area contributed by atoms with Crippen LogP contribution in [0.3, 0.4) is 0 Å². The number of carbonyl (C=O) groups excluding carboxylic acids is 1. The number of aryl methyl sites for hydroxylation is 1. The van der Waals surface area contributed by atoms with E-state index in [1.807, 2.05) is 31.2 Å². The summed E-state index contributed by atoms with van der Waals surface area (Å²) >= 11 is 0. The zero-order chi connectivity index (χ0) is 15.9. The number of hydrogen-bond donors (Lipinski definition) is 2. The Labute approximate surface area is 128 Å². The van der Waals surface area contributed by atoms with E-state index < -0.39 is 11.9 Å². The first-order chi connectivity index (χ1) is 10.6. The fourth-order valence-corrected chi connectivity index (χ4v) is 1.93. The van der Waals surface area contributed by atoms with Gasteiger partial charge in [-0.1, -0.05) is 29.8 Å². The maximum absolute atomic E-state index is 12.0. The minimum absolute atomic E-state index is 0.0144. The van der Waals surface area contributed by atoms with Crippen LogP contribution in [0.5, 0.6) is 5.75 Å². The highest BCUT2D eigenvalue weighted by molar-refractivity contribution is 6.04. The molecule has 0 saturated carbocycles. The van der Waals surface area contributed by atoms with Gasteiger partial charge in [-0.3, -0.25) is 4.79 Å². The van der Waals surface area contributed by atoms with Crippen LogP contribution in [0.2, 0.25) is 0 Å². The molecule has 5 heteroatoms. The molecule has 0 aliphatic carbocycles. The van der Waals surface area contributed by atoms with Gasteiger partial charge in [0.15, 0.2) is 0 Å². The van der Waals surface area contributed by atoms with Crippen LogP contribution in [0.1, 0.15) is 26.3 Å². The summed E-state index contributed by atoms with van der Waals surface area (Å²) in [4.78, 5) is 23.1. The molecule has 0 aliphatic heterocycles. The predicted octanol–water partition coefficient (Wildman–Crippen LogP) is 2.50. The molecule has 22 heavy (non-hydrogen) atoms. The molecule has 2 N–H and O–H groups in total. The molecule has 2 aromatic rings. The van der Waals surface area contributed by atoms with Crippen molar-refractivity contribution in [3.05, 3.63) is 65.2 Å². The maximum Gasteiger partial charge on any atom is 0.336 e. The van der Waals surface area contributed by atoms with Crippen molar-refractivity contribution in [1.82, 2.24) is 5.32 Å². The molecule has 0 heterocycles. The number of carbonyl (C=O) groups is 2. The molecule has 0 saturated heterocycles. The normalized spacial score (nSPS) is 10.0. The van der Waals surface area contributed by atoms with E-state index in [0.717, 1.165) is 11.3 Å². The Bertz CT molecular complexity index is 665. The second-order valence-corrected chi connectivity index (χ2v) is 4.77. The van der Waals surface area contributed by atoms with Crippen molar-refractivity contribution >= 4 is 11.9 Å². The molecule has 0 aromatic heterocycles. The fourth-order valence-electron chi connectivity index (χ4n) is 1.93. The van der Waals surface area contributed by atoms with Crippen LogP contribution >= 0.6 is 0 Å². The van der Waals surface area contributed by atoms with E-state index in [2.05, 4.69) is 5.32 Å². The van der Waals surface area contributed by atoms with Gasteiger partial charge in [0.05, 0.1) is 17.7 Å². The summed E-state index contributed by atoms with van der Waals surface area (Å²) in [6.45, 7) is 2.59. The first-order valence-corrected chi connectivity index (χ1v) is 6.88. The highest BCUT2D eigenvalue weighted by atomic mass is 16.5. The number of nitrogens with one attached hydrogen (secondary N) is 1. The molecule has 114 valence electrons. The van der Waals surface area contributed by atoms with Crippen LogP contribution in [-0.2, 0) is 0 Å². The molecule has 0 unspecified atom stereocenters. The number of carboxylic acid groups (broad SMARTS) is 1. The van der Waals surface area contributed by atoms with Crippen molar-refractivity contribution in [2.24, 2.45) is 0 Å². The lowest BCUT2D eigenvalue weighted by molar-refractivity contribution is 0.0691. The van der Waals surface area contributed by atoms with Crippen LogP contribution in [-0.4, -0.2) is 30.1 Å². The largest absolute Gasteiger partial charge is 0.492 e. The van der Waals surface area contributed by atoms with Crippen molar-refractivity contribution in [2.75, 3.05) is 13.2 Å². The van der Waals surface area contributed by atoms with Gasteiger partial charge in [-0.05, 0) is 31.2 Å². The molecule has 0 bridgehead atoms. The number of carboxylic acids is 1. The van der Waals surface area contributed by atoms with E-state index in [1.54, 1.807) is 12.1 Å². The van der Waals surface area contributed by atoms with E-state index in [-0.39, 0.29) is 11.1 Å². The molecule has 0 radical (unpaired) electrons. The lowest BCUT2D eigenvalue weighted by atomic mass is 10.1. The number of rotatable bonds is 6. The molecule has 0 atom stereocenters. The van der Waals surface area contributed by atoms with Gasteiger partial charge in [0.1, 0.15) is 12.4 Å². The van der Waals surface area contributed by atoms with Crippen molar-refractivity contribution < 1.29 is 19.4 Å². The average Bonchev–Trinajstić information content (AvgIpc) is 2.53. The number of benzene rings is 2. The minimum atomic E-state index is -1.12. The Morgan fingerprint density at radius 2 is 1.68 bits per heavy atom. The molecular formula is C17H17NO4. The second kappa shape index (κ2) is 7.26. The number of aromatic carboxylic acids is 1. The van der Waals surface area contributed by atoms with Gasteiger partial charge in [0.2, 0.25) is 0 Å². The van der Waals surface area contributed by atoms with Crippen molar-refractivity contribution in [3.8, 4) is 5.75 Å². The molecule has 5 nitrogen and oxygen atoms in total. The predicted molar refractivity (Wildman–Crippen MR) is 82.4 cm³/mol. The Morgan fingerprint density at radius 3 is 2.32 bits per heavy atom. The molecule has 2 rings (SSSR count). The summed E-state index contributed by atoms with van der Waals surface area (Å²) in [7, 11) is 0. The molecular weight excluding hydrogens is 282 g/mol. The molecule has 0 aliphatic rings. The van der Waals surface area contributed by atoms with Crippen LogP contribution < -0.4 is 10.1 Å². The first-order valence-electron chi connectivity index (χ1n) is 6.88. The smallest absolute Gasteiger partial charge is 0.336 e. The summed E-state index contributed by atoms with van der Waals surface area (Å²) in [5.41, 5.74) is 1.27. The van der Waals surface area contributed by atoms with Gasteiger partial charge in [-0.15, -0.1) is 0 Å². The SMILES string of the molecule is Cc1ccc(OCCNC(=O)c2ccccc2C(=O)O)cc1. The van der Waals surface area contributed by atoms with Gasteiger partial charge in [-0.2, -0.15) is 0 Å². The van der Waals surface area contributed by atoms with Crippen LogP contribution in [0.25, 0.3) is 0 Å². The standard InChI is InChI=1S/C17H17NO4/c1-12-6-8-13(9-7-12)22-11-10-18-16(19)14-4-2-3-5-15(14)17(20)21/h2-9H,10-11H2,1H3,(H,18,19)(H,20,21). The summed E-state index contributed by atoms with van der Waals surface area (Å²) in [6.07, 6.45) is 0. The van der Waals surface area contributed by atoms with Gasteiger partial charge >= 0.3 is 5.97 Å². The number of hydrogen-bond acceptors (Lipinski definition) is 3. The summed E-state index contributed by atoms with van der Waals surface area (Å²) < 4.78 is 5.49. The monoisotopic (exact) mass is 299 g/mol. The third-order valence-corrected chi connectivity index (χ3v) is 3.08. The van der Waals surface area contributed by atoms with Gasteiger partial charge in [0.25, 0.3) is 5.91 Å². The van der Waals surface area contributed by atoms with Crippen molar-refractivity contribution in [3.63, 3.8) is 0 Å². The number of ether oxygens (including phenoxy) is 1. The summed E-state index contributed by atoms with van der Waals surface area (Å²) in [5, 5.41) is 11.7. The van der Waals surface area contributed by atoms with Crippen LogP contribution in [0, 0.1) is 6.92 Å². The van der Waals surface area contributed by atoms with E-state index in [9.17, 15) is 9.59 Å². The van der Waals surface area contributed by atoms with Crippen LogP contribution in [0.15, 0.2) is 48.5 Å². The topological polar surface area (TPSA) is 75.6 Å². The Kier molecular flexibility index (Phi) is 5.14. The van der Waals surface area contributed by atoms with Crippen molar-refractivity contribution in [1.29, 1.82) is 0 Å². The minimum Gasteiger partial charge on any atom is -0.492 e. The zero-order valence-electron chi connectivity index (χ0n) is 12.2. The van der Waals surface area contributed by atoms with E-state index in [0.29, 0.717) is 13.2 Å². The lowest BCUT2D eigenvalue weighted by Crippen LogP contribution is -2.29. The van der Waals surface area contributed by atoms with Gasteiger partial charge in [-0.25, -0.2) is 4.79 Å². The highest BCUT2D eigenvalue weighted by Crippen LogP contribution is 2.11. The van der Waals surface area contributed by atoms with Gasteiger partial charge < -0.3 is 15.2 Å². The third kappa shape index (κ3) is 4.09. The molecule has 2 aromatic carbocycles. The Balaban J connectivity index is 1.86. The van der Waals surface area contributed by atoms with Crippen LogP contribution in [0.4, 0.5) is 0 Å². The lowest BCUT2D eigenvalue weighted by Gasteiger charge is -2.09. The second-order valence-electron chi connectivity index (χ2n) is 4.77. The molecule has 0 spiro atoms. The molecule has 1 amide bonds. The summed E-state index contributed by atoms with van der Waals surface area (Å²) in [6, 6.07) is 13.7. The zero-order valence-corrected chi connectivity index (χ0v) is 12.2. The quantitative estimate of drug-likeness (QED) is 0.804. The summed E-state index contributed by atoms with van der Waals surface area (Å²) in [5.74, 6) is -0.821. The third-order valence-electron chi connectivity index (χ3n) is 3.08. The van der Waals surface area contributed by atoms with E-state index in [1.165, 1.54) is 12.1 Å². The molecule has 0 fully saturated rings. The maximum atomic E-state index is 12.0. The van der Waals surface area contributed by atoms with Crippen molar-refractivity contribution in [2.45, 2.75) is 6.92 Å². The first kappa shape index (κ1) is 15.6. The Morgan fingerprint density at radius 1 is 1.05 bits per heavy atom. The fraction of sp³-hybridized carbons (Fsp3) is 0.176. The van der Waals surface area contributed by atoms with E-state index in [4.69, 9.17) is 9.84 Å². The Hall–Kier alpha value is -2.82.